The molecule has 5 rings (SSSR count). The van der Waals surface area contributed by atoms with Crippen LogP contribution >= 0.6 is 0 Å². The summed E-state index contributed by atoms with van der Waals surface area (Å²) >= 11 is 0. The molecular weight excluding hydrogens is 510 g/mol. The van der Waals surface area contributed by atoms with Crippen LogP contribution in [0.5, 0.6) is 0 Å². The van der Waals surface area contributed by atoms with E-state index in [-0.39, 0.29) is 11.9 Å². The fourth-order valence-corrected chi connectivity index (χ4v) is 5.07. The number of imidazole rings is 2. The van der Waals surface area contributed by atoms with E-state index in [0.717, 1.165) is 77.5 Å². The number of unbranched alkanes of at least 4 members (excludes halogenated alkanes) is 1. The highest BCUT2D eigenvalue weighted by Gasteiger charge is 2.25. The topological polar surface area (TPSA) is 102 Å². The van der Waals surface area contributed by atoms with Gasteiger partial charge in [-0.1, -0.05) is 36.1 Å². The number of carbonyl (C=O) groups is 1. The van der Waals surface area contributed by atoms with Gasteiger partial charge in [0.05, 0.1) is 35.9 Å². The maximum absolute atomic E-state index is 11.8. The maximum atomic E-state index is 11.8. The van der Waals surface area contributed by atoms with Crippen molar-refractivity contribution < 1.29 is 4.79 Å². The molecule has 2 aromatic heterocycles. The van der Waals surface area contributed by atoms with Crippen LogP contribution in [-0.2, 0) is 11.2 Å². The Hall–Kier alpha value is -4.19. The number of amides is 1. The molecule has 41 heavy (non-hydrogen) atoms. The van der Waals surface area contributed by atoms with Crippen LogP contribution in [-0.4, -0.2) is 64.0 Å². The quantitative estimate of drug-likeness (QED) is 0.170. The van der Waals surface area contributed by atoms with Crippen LogP contribution in [0.15, 0.2) is 60.9 Å². The van der Waals surface area contributed by atoms with Gasteiger partial charge in [-0.25, -0.2) is 9.97 Å². The maximum Gasteiger partial charge on any atom is 0.236 e. The van der Waals surface area contributed by atoms with Crippen molar-refractivity contribution in [1.82, 2.24) is 35.5 Å². The van der Waals surface area contributed by atoms with E-state index in [0.29, 0.717) is 12.6 Å². The van der Waals surface area contributed by atoms with Crippen molar-refractivity contribution in [3.63, 3.8) is 0 Å². The third kappa shape index (κ3) is 7.31. The van der Waals surface area contributed by atoms with Gasteiger partial charge in [-0.05, 0) is 88.6 Å². The highest BCUT2D eigenvalue weighted by atomic mass is 16.2. The standard InChI is InChI=1S/C33H39N7O/c1-23(34-2)33(41)35-19-5-4-8-31-36-21-28(38-31)26-15-11-24(12-16-26)9-10-25-13-17-27(18-14-25)29-22-37-32(39-29)30-7-6-20-40(30)3/h11-18,21-23,30,34H,4-8,19-20H2,1-3H3,(H,35,41)(H,36,38)(H,37,39). The van der Waals surface area contributed by atoms with Crippen LogP contribution in [0.4, 0.5) is 0 Å². The van der Waals surface area contributed by atoms with Crippen molar-refractivity contribution in [1.29, 1.82) is 0 Å². The summed E-state index contributed by atoms with van der Waals surface area (Å²) in [6.07, 6.45) is 8.90. The number of aromatic nitrogens is 4. The molecule has 2 unspecified atom stereocenters. The number of aryl methyl sites for hydroxylation is 1. The summed E-state index contributed by atoms with van der Waals surface area (Å²) in [7, 11) is 3.95. The smallest absolute Gasteiger partial charge is 0.236 e. The Morgan fingerprint density at radius 2 is 1.61 bits per heavy atom. The highest BCUT2D eigenvalue weighted by Crippen LogP contribution is 2.30. The summed E-state index contributed by atoms with van der Waals surface area (Å²) in [4.78, 5) is 30.3. The number of likely N-dealkylation sites (tertiary alicyclic amines) is 1. The fraction of sp³-hybridized carbons (Fsp3) is 0.364. The number of hydrogen-bond acceptors (Lipinski definition) is 5. The molecule has 1 aliphatic rings. The van der Waals surface area contributed by atoms with Crippen LogP contribution < -0.4 is 10.6 Å². The Kier molecular flexibility index (Phi) is 9.29. The van der Waals surface area contributed by atoms with Crippen molar-refractivity contribution in [3.8, 4) is 34.4 Å². The number of nitrogens with zero attached hydrogens (tertiary/aromatic N) is 3. The van der Waals surface area contributed by atoms with Gasteiger partial charge in [0.15, 0.2) is 0 Å². The number of hydrogen-bond donors (Lipinski definition) is 4. The zero-order chi connectivity index (χ0) is 28.6. The van der Waals surface area contributed by atoms with Gasteiger partial charge < -0.3 is 20.6 Å². The second-order valence-corrected chi connectivity index (χ2v) is 10.7. The number of nitrogens with one attached hydrogen (secondary N) is 4. The van der Waals surface area contributed by atoms with Gasteiger partial charge in [0.25, 0.3) is 0 Å². The second kappa shape index (κ2) is 13.4. The number of likely N-dealkylation sites (N-methyl/N-ethyl adjacent to an activating group) is 1. The van der Waals surface area contributed by atoms with Crippen molar-refractivity contribution in [3.05, 3.63) is 83.7 Å². The van der Waals surface area contributed by atoms with Gasteiger partial charge in [-0.15, -0.1) is 0 Å². The molecule has 8 heteroatoms. The van der Waals surface area contributed by atoms with E-state index >= 15 is 0 Å². The number of aromatic amines is 2. The lowest BCUT2D eigenvalue weighted by Crippen LogP contribution is -2.40. The first kappa shape index (κ1) is 28.3. The van der Waals surface area contributed by atoms with Gasteiger partial charge in [0.1, 0.15) is 11.6 Å². The fourth-order valence-electron chi connectivity index (χ4n) is 5.07. The minimum Gasteiger partial charge on any atom is -0.355 e. The highest BCUT2D eigenvalue weighted by molar-refractivity contribution is 5.81. The number of benzene rings is 2. The summed E-state index contributed by atoms with van der Waals surface area (Å²) in [5.74, 6) is 8.59. The van der Waals surface area contributed by atoms with Gasteiger partial charge in [-0.2, -0.15) is 0 Å². The Balaban J connectivity index is 1.11. The third-order valence-electron chi connectivity index (χ3n) is 7.77. The minimum atomic E-state index is -0.169. The number of carbonyl (C=O) groups excluding carboxylic acids is 1. The molecule has 2 aromatic carbocycles. The first-order valence-corrected chi connectivity index (χ1v) is 14.5. The van der Waals surface area contributed by atoms with Crippen molar-refractivity contribution in [2.45, 2.75) is 51.1 Å². The van der Waals surface area contributed by atoms with E-state index in [1.807, 2.05) is 31.5 Å². The molecule has 2 atom stereocenters. The Morgan fingerprint density at radius 3 is 2.22 bits per heavy atom. The van der Waals surface area contributed by atoms with Crippen LogP contribution in [0.25, 0.3) is 22.5 Å². The van der Waals surface area contributed by atoms with Crippen molar-refractivity contribution in [2.75, 3.05) is 27.2 Å². The molecule has 1 aliphatic heterocycles. The molecule has 0 bridgehead atoms. The molecule has 4 N–H and O–H groups in total. The monoisotopic (exact) mass is 549 g/mol. The SMILES string of the molecule is CNC(C)C(=O)NCCCCc1ncc(-c2ccc(C#Cc3ccc(-c4cnc(C5CCCN5C)[nH]4)cc3)cc2)[nH]1. The average Bonchev–Trinajstić information content (AvgIpc) is 3.77. The lowest BCUT2D eigenvalue weighted by atomic mass is 10.1. The molecule has 3 heterocycles. The first-order chi connectivity index (χ1) is 20.0. The molecule has 8 nitrogen and oxygen atoms in total. The molecule has 1 saturated heterocycles. The Labute approximate surface area is 242 Å². The predicted octanol–water partition coefficient (Wildman–Crippen LogP) is 4.68. The zero-order valence-electron chi connectivity index (χ0n) is 24.1. The van der Waals surface area contributed by atoms with Crippen LogP contribution in [0, 0.1) is 11.8 Å². The van der Waals surface area contributed by atoms with E-state index in [9.17, 15) is 4.79 Å². The van der Waals surface area contributed by atoms with Crippen molar-refractivity contribution in [2.24, 2.45) is 0 Å². The first-order valence-electron chi connectivity index (χ1n) is 14.5. The molecule has 1 amide bonds. The molecule has 0 spiro atoms. The second-order valence-electron chi connectivity index (χ2n) is 10.7. The molecule has 212 valence electrons. The third-order valence-corrected chi connectivity index (χ3v) is 7.77. The summed E-state index contributed by atoms with van der Waals surface area (Å²) in [5.41, 5.74) is 6.17. The molecular formula is C33H39N7O. The zero-order valence-corrected chi connectivity index (χ0v) is 24.1. The Morgan fingerprint density at radius 1 is 0.976 bits per heavy atom. The van der Waals surface area contributed by atoms with Gasteiger partial charge in [0.2, 0.25) is 5.91 Å². The van der Waals surface area contributed by atoms with Crippen molar-refractivity contribution >= 4 is 5.91 Å². The largest absolute Gasteiger partial charge is 0.355 e. The Bertz CT molecular complexity index is 1490. The normalized spacial score (nSPS) is 15.8. The molecule has 0 radical (unpaired) electrons. The van der Waals surface area contributed by atoms with Gasteiger partial charge in [0, 0.05) is 24.1 Å². The molecule has 4 aromatic rings. The lowest BCUT2D eigenvalue weighted by Gasteiger charge is -2.16. The van der Waals surface area contributed by atoms with Gasteiger partial charge in [-0.3, -0.25) is 9.69 Å². The van der Waals surface area contributed by atoms with Crippen LogP contribution in [0.3, 0.4) is 0 Å². The molecule has 1 fully saturated rings. The minimum absolute atomic E-state index is 0.0326. The summed E-state index contributed by atoms with van der Waals surface area (Å²) in [6.45, 7) is 3.65. The van der Waals surface area contributed by atoms with E-state index in [1.54, 1.807) is 7.05 Å². The molecule has 0 saturated carbocycles. The van der Waals surface area contributed by atoms with E-state index in [1.165, 1.54) is 6.42 Å². The van der Waals surface area contributed by atoms with Gasteiger partial charge >= 0.3 is 0 Å². The molecule has 0 aliphatic carbocycles. The van der Waals surface area contributed by atoms with Crippen LogP contribution in [0.2, 0.25) is 0 Å². The summed E-state index contributed by atoms with van der Waals surface area (Å²) < 4.78 is 0. The van der Waals surface area contributed by atoms with E-state index in [4.69, 9.17) is 0 Å². The number of H-pyrrole nitrogens is 2. The van der Waals surface area contributed by atoms with E-state index < -0.39 is 0 Å². The predicted molar refractivity (Wildman–Crippen MR) is 163 cm³/mol. The van der Waals surface area contributed by atoms with E-state index in [2.05, 4.69) is 90.8 Å². The summed E-state index contributed by atoms with van der Waals surface area (Å²) in [5, 5.41) is 5.89. The summed E-state index contributed by atoms with van der Waals surface area (Å²) in [6, 6.07) is 16.7. The number of rotatable bonds is 10. The average molecular weight is 550 g/mol. The van der Waals surface area contributed by atoms with Crippen LogP contribution in [0.1, 0.15) is 61.4 Å². The lowest BCUT2D eigenvalue weighted by molar-refractivity contribution is -0.122.